The Hall–Kier alpha value is -3.76. The largest absolute Gasteiger partial charge is 0.497 e. The quantitative estimate of drug-likeness (QED) is 0.371. The number of hydrogen-bond donors (Lipinski definition) is 2. The molecule has 0 bridgehead atoms. The molecule has 0 unspecified atom stereocenters. The lowest BCUT2D eigenvalue weighted by Gasteiger charge is -2.15. The van der Waals surface area contributed by atoms with Gasteiger partial charge in [-0.2, -0.15) is 0 Å². The molecule has 0 radical (unpaired) electrons. The van der Waals surface area contributed by atoms with E-state index in [1.807, 2.05) is 24.3 Å². The van der Waals surface area contributed by atoms with Crippen LogP contribution >= 0.6 is 0 Å². The van der Waals surface area contributed by atoms with Gasteiger partial charge < -0.3 is 9.47 Å². The molecule has 0 amide bonds. The molecule has 0 aromatic heterocycles. The van der Waals surface area contributed by atoms with Crippen LogP contribution in [0.15, 0.2) is 94.7 Å². The van der Waals surface area contributed by atoms with Gasteiger partial charge in [-0.3, -0.25) is 9.44 Å². The maximum absolute atomic E-state index is 13.1. The average molecular weight is 499 g/mol. The zero-order chi connectivity index (χ0) is 24.3. The third-order valence-electron chi connectivity index (χ3n) is 5.10. The number of ether oxygens (including phenoxy) is 2. The minimum Gasteiger partial charge on any atom is -0.497 e. The summed E-state index contributed by atoms with van der Waals surface area (Å²) >= 11 is 0. The zero-order valence-corrected chi connectivity index (χ0v) is 20.0. The normalized spacial score (nSPS) is 11.7. The second-order valence-corrected chi connectivity index (χ2v) is 10.7. The lowest BCUT2D eigenvalue weighted by molar-refractivity contribution is 0.415. The second kappa shape index (κ2) is 9.24. The molecule has 0 saturated carbocycles. The van der Waals surface area contributed by atoms with Crippen LogP contribution in [0.1, 0.15) is 0 Å². The van der Waals surface area contributed by atoms with Crippen LogP contribution in [0.2, 0.25) is 0 Å². The summed E-state index contributed by atoms with van der Waals surface area (Å²) in [4.78, 5) is -0.0989. The summed E-state index contributed by atoms with van der Waals surface area (Å²) in [5.41, 5.74) is 0.322. The highest BCUT2D eigenvalue weighted by molar-refractivity contribution is 7.93. The molecule has 0 aliphatic heterocycles. The fourth-order valence-corrected chi connectivity index (χ4v) is 5.53. The van der Waals surface area contributed by atoms with E-state index in [1.165, 1.54) is 38.5 Å². The van der Waals surface area contributed by atoms with E-state index in [1.54, 1.807) is 36.4 Å². The van der Waals surface area contributed by atoms with E-state index < -0.39 is 20.0 Å². The first-order valence-corrected chi connectivity index (χ1v) is 13.0. The zero-order valence-electron chi connectivity index (χ0n) is 18.3. The minimum absolute atomic E-state index is 0.00624. The fraction of sp³-hybridized carbons (Fsp3) is 0.0833. The first-order valence-electron chi connectivity index (χ1n) is 10.1. The molecule has 2 N–H and O–H groups in total. The van der Waals surface area contributed by atoms with Crippen molar-refractivity contribution in [2.45, 2.75) is 9.79 Å². The van der Waals surface area contributed by atoms with Crippen molar-refractivity contribution >= 4 is 42.2 Å². The summed E-state index contributed by atoms with van der Waals surface area (Å²) < 4.78 is 67.3. The van der Waals surface area contributed by atoms with Gasteiger partial charge in [0.2, 0.25) is 0 Å². The number of rotatable bonds is 8. The van der Waals surface area contributed by atoms with Crippen LogP contribution in [-0.4, -0.2) is 31.1 Å². The summed E-state index contributed by atoms with van der Waals surface area (Å²) in [5.74, 6) is 0.755. The van der Waals surface area contributed by atoms with E-state index in [0.29, 0.717) is 11.4 Å². The molecule has 176 valence electrons. The van der Waals surface area contributed by atoms with Gasteiger partial charge in [-0.15, -0.1) is 0 Å². The molecule has 34 heavy (non-hydrogen) atoms. The Labute approximate surface area is 198 Å². The Kier molecular flexibility index (Phi) is 6.36. The molecule has 4 aromatic rings. The number of hydrogen-bond acceptors (Lipinski definition) is 6. The van der Waals surface area contributed by atoms with E-state index in [2.05, 4.69) is 9.44 Å². The van der Waals surface area contributed by atoms with Gasteiger partial charge in [0.25, 0.3) is 20.0 Å². The van der Waals surface area contributed by atoms with Crippen LogP contribution in [0.3, 0.4) is 0 Å². The topological polar surface area (TPSA) is 111 Å². The predicted molar refractivity (Wildman–Crippen MR) is 132 cm³/mol. The Morgan fingerprint density at radius 3 is 1.91 bits per heavy atom. The highest BCUT2D eigenvalue weighted by atomic mass is 32.2. The van der Waals surface area contributed by atoms with E-state index in [0.717, 1.165) is 10.8 Å². The predicted octanol–water partition coefficient (Wildman–Crippen LogP) is 4.46. The molecule has 0 atom stereocenters. The smallest absolute Gasteiger partial charge is 0.262 e. The van der Waals surface area contributed by atoms with Gasteiger partial charge in [0.15, 0.2) is 0 Å². The summed E-state index contributed by atoms with van der Waals surface area (Å²) in [6.45, 7) is 0. The van der Waals surface area contributed by atoms with Crippen LogP contribution in [0.25, 0.3) is 10.8 Å². The fourth-order valence-electron chi connectivity index (χ4n) is 3.35. The molecule has 4 rings (SSSR count). The monoisotopic (exact) mass is 498 g/mol. The number of nitrogens with one attached hydrogen (secondary N) is 2. The lowest BCUT2D eigenvalue weighted by Crippen LogP contribution is -2.16. The van der Waals surface area contributed by atoms with Gasteiger partial charge >= 0.3 is 0 Å². The summed E-state index contributed by atoms with van der Waals surface area (Å²) in [5, 5.41) is 1.66. The number of sulfonamides is 2. The highest BCUT2D eigenvalue weighted by Gasteiger charge is 2.21. The Morgan fingerprint density at radius 1 is 0.618 bits per heavy atom. The van der Waals surface area contributed by atoms with Crippen LogP contribution in [0, 0.1) is 0 Å². The van der Waals surface area contributed by atoms with Gasteiger partial charge in [-0.1, -0.05) is 30.3 Å². The third kappa shape index (κ3) is 4.92. The van der Waals surface area contributed by atoms with Gasteiger partial charge in [0.05, 0.1) is 29.7 Å². The summed E-state index contributed by atoms with van der Waals surface area (Å²) in [6.07, 6.45) is 0. The number of methoxy groups -OCH3 is 2. The van der Waals surface area contributed by atoms with Crippen LogP contribution in [0.5, 0.6) is 11.5 Å². The van der Waals surface area contributed by atoms with Crippen molar-refractivity contribution in [3.8, 4) is 11.5 Å². The lowest BCUT2D eigenvalue weighted by atomic mass is 10.1. The SMILES string of the molecule is COc1ccc(NS(=O)(=O)c2ccc(OC)c(NS(=O)(=O)c3ccc4ccccc4c3)c2)cc1. The highest BCUT2D eigenvalue weighted by Crippen LogP contribution is 2.31. The molecule has 0 fully saturated rings. The third-order valence-corrected chi connectivity index (χ3v) is 7.84. The van der Waals surface area contributed by atoms with Gasteiger partial charge in [-0.25, -0.2) is 16.8 Å². The molecule has 0 heterocycles. The molecule has 4 aromatic carbocycles. The summed E-state index contributed by atoms with van der Waals surface area (Å²) in [6, 6.07) is 22.4. The van der Waals surface area contributed by atoms with E-state index in [-0.39, 0.29) is 21.2 Å². The summed E-state index contributed by atoms with van der Waals surface area (Å²) in [7, 11) is -5.16. The van der Waals surface area contributed by atoms with Crippen molar-refractivity contribution in [1.82, 2.24) is 0 Å². The molecule has 0 spiro atoms. The Balaban J connectivity index is 1.66. The van der Waals surface area contributed by atoms with E-state index in [9.17, 15) is 16.8 Å². The number of fused-ring (bicyclic) bond motifs is 1. The second-order valence-electron chi connectivity index (χ2n) is 7.31. The molecular formula is C24H22N2O6S2. The Bertz CT molecular complexity index is 1550. The number of anilines is 2. The van der Waals surface area contributed by atoms with E-state index in [4.69, 9.17) is 9.47 Å². The molecule has 10 heteroatoms. The van der Waals surface area contributed by atoms with Crippen molar-refractivity contribution in [2.24, 2.45) is 0 Å². The average Bonchev–Trinajstić information content (AvgIpc) is 2.83. The van der Waals surface area contributed by atoms with Gasteiger partial charge in [0.1, 0.15) is 11.5 Å². The number of benzene rings is 4. The van der Waals surface area contributed by atoms with E-state index >= 15 is 0 Å². The molecule has 0 saturated heterocycles. The molecule has 8 nitrogen and oxygen atoms in total. The van der Waals surface area contributed by atoms with Crippen molar-refractivity contribution < 1.29 is 26.3 Å². The minimum atomic E-state index is -4.03. The standard InChI is InChI=1S/C24H22N2O6S2/c1-31-20-10-8-19(9-11-20)25-33(27,28)22-13-14-24(32-2)23(16-22)26-34(29,30)21-12-7-17-5-3-4-6-18(17)15-21/h3-16,25-26H,1-2H3. The van der Waals surface area contributed by atoms with Gasteiger partial charge in [-0.05, 0) is 65.4 Å². The van der Waals surface area contributed by atoms with Crippen molar-refractivity contribution in [1.29, 1.82) is 0 Å². The molecular weight excluding hydrogens is 476 g/mol. The molecule has 0 aliphatic carbocycles. The van der Waals surface area contributed by atoms with Crippen LogP contribution < -0.4 is 18.9 Å². The first-order chi connectivity index (χ1) is 16.2. The van der Waals surface area contributed by atoms with Crippen LogP contribution in [-0.2, 0) is 20.0 Å². The molecule has 0 aliphatic rings. The maximum atomic E-state index is 13.1. The first kappa shape index (κ1) is 23.4. The van der Waals surface area contributed by atoms with Gasteiger partial charge in [0, 0.05) is 5.69 Å². The maximum Gasteiger partial charge on any atom is 0.262 e. The van der Waals surface area contributed by atoms with Crippen molar-refractivity contribution in [3.63, 3.8) is 0 Å². The van der Waals surface area contributed by atoms with Crippen molar-refractivity contribution in [3.05, 3.63) is 84.9 Å². The van der Waals surface area contributed by atoms with Crippen LogP contribution in [0.4, 0.5) is 11.4 Å². The van der Waals surface area contributed by atoms with Crippen molar-refractivity contribution in [2.75, 3.05) is 23.7 Å². The Morgan fingerprint density at radius 2 is 1.24 bits per heavy atom.